The van der Waals surface area contributed by atoms with Gasteiger partial charge in [0.1, 0.15) is 0 Å². The fourth-order valence-electron chi connectivity index (χ4n) is 8.79. The molecule has 0 radical (unpaired) electrons. The number of carbonyl (C=O) groups is 2. The number of hydrogen-bond donors (Lipinski definition) is 2. The molecule has 4 nitrogen and oxygen atoms in total. The van der Waals surface area contributed by atoms with Crippen molar-refractivity contribution in [3.8, 4) is 0 Å². The van der Waals surface area contributed by atoms with Gasteiger partial charge < -0.3 is 10.4 Å². The maximum absolute atomic E-state index is 12.6. The van der Waals surface area contributed by atoms with Gasteiger partial charge in [-0.15, -0.1) is 0 Å². The minimum Gasteiger partial charge on any atom is -0.504 e. The molecule has 35 heavy (non-hydrogen) atoms. The Hall–Kier alpha value is -1.84. The SMILES string of the molecule is CCC(=O)N[C@]1(C)CC[C@]2(C)CC[C@]3(C)C4C/C=C/C(C)=C(/O)C(=O)/C=C/[C@]4(C)CC[C@@]3(C)[C@@H]2C1. The molecule has 7 atom stereocenters. The number of amides is 1. The zero-order chi connectivity index (χ0) is 25.9. The van der Waals surface area contributed by atoms with E-state index in [4.69, 9.17) is 0 Å². The second-order valence-electron chi connectivity index (χ2n) is 13.6. The van der Waals surface area contributed by atoms with E-state index in [2.05, 4.69) is 52.1 Å². The molecule has 0 bridgehead atoms. The Bertz CT molecular complexity index is 993. The van der Waals surface area contributed by atoms with Crippen molar-refractivity contribution in [2.75, 3.05) is 0 Å². The van der Waals surface area contributed by atoms with Crippen molar-refractivity contribution in [1.29, 1.82) is 0 Å². The summed E-state index contributed by atoms with van der Waals surface area (Å²) >= 11 is 0. The third-order valence-corrected chi connectivity index (χ3v) is 11.5. The lowest BCUT2D eigenvalue weighted by molar-refractivity contribution is -0.208. The summed E-state index contributed by atoms with van der Waals surface area (Å²) in [4.78, 5) is 25.0. The fraction of sp³-hybridized carbons (Fsp3) is 0.742. The monoisotopic (exact) mass is 481 g/mol. The molecule has 4 rings (SSSR count). The van der Waals surface area contributed by atoms with E-state index in [1.165, 1.54) is 19.3 Å². The van der Waals surface area contributed by atoms with Crippen molar-refractivity contribution in [1.82, 2.24) is 5.32 Å². The number of aliphatic hydroxyl groups excluding tert-OH is 1. The molecule has 2 N–H and O–H groups in total. The number of hydrogen-bond acceptors (Lipinski definition) is 3. The number of rotatable bonds is 2. The molecule has 1 unspecified atom stereocenters. The number of fused-ring (bicyclic) bond motifs is 5. The summed E-state index contributed by atoms with van der Waals surface area (Å²) < 4.78 is 0. The van der Waals surface area contributed by atoms with Crippen molar-refractivity contribution in [3.63, 3.8) is 0 Å². The van der Waals surface area contributed by atoms with Crippen LogP contribution >= 0.6 is 0 Å². The standard InChI is InChI=1S/C31H47NO3/c1-8-25(34)32-29(5)17-14-28(4)16-18-30(6)23-11-9-10-21(2)26(35)22(33)12-13-27(23,3)15-19-31(30,7)24(28)20-29/h9-10,12-13,23-24,35H,8,11,14-20H2,1-7H3,(H,32,34)/b10-9+,13-12+,26-21+/t23?,24-,27-,28-,29-,30-,31+/m1/s1. The van der Waals surface area contributed by atoms with E-state index in [9.17, 15) is 14.7 Å². The van der Waals surface area contributed by atoms with Gasteiger partial charge in [0.15, 0.2) is 5.76 Å². The third kappa shape index (κ3) is 4.13. The Morgan fingerprint density at radius 1 is 0.971 bits per heavy atom. The van der Waals surface area contributed by atoms with Gasteiger partial charge in [0.2, 0.25) is 11.7 Å². The zero-order valence-corrected chi connectivity index (χ0v) is 23.1. The molecule has 0 aromatic carbocycles. The predicted molar refractivity (Wildman–Crippen MR) is 142 cm³/mol. The van der Waals surface area contributed by atoms with Gasteiger partial charge in [0.05, 0.1) is 0 Å². The predicted octanol–water partition coefficient (Wildman–Crippen LogP) is 7.22. The summed E-state index contributed by atoms with van der Waals surface area (Å²) in [5.41, 5.74) is 0.988. The summed E-state index contributed by atoms with van der Waals surface area (Å²) in [5.74, 6) is 0.679. The van der Waals surface area contributed by atoms with E-state index in [1.807, 2.05) is 19.9 Å². The van der Waals surface area contributed by atoms with Crippen LogP contribution in [-0.4, -0.2) is 22.3 Å². The van der Waals surface area contributed by atoms with Gasteiger partial charge >= 0.3 is 0 Å². The Kier molecular flexibility index (Phi) is 6.47. The Morgan fingerprint density at radius 3 is 2.29 bits per heavy atom. The summed E-state index contributed by atoms with van der Waals surface area (Å²) in [6.07, 6.45) is 17.2. The number of carbonyl (C=O) groups excluding carboxylic acids is 2. The summed E-state index contributed by atoms with van der Waals surface area (Å²) in [7, 11) is 0. The second kappa shape index (κ2) is 8.63. The second-order valence-corrected chi connectivity index (χ2v) is 13.6. The van der Waals surface area contributed by atoms with Crippen LogP contribution in [0.4, 0.5) is 0 Å². The maximum atomic E-state index is 12.6. The molecule has 0 aromatic rings. The molecule has 0 aliphatic heterocycles. The molecule has 0 aromatic heterocycles. The van der Waals surface area contributed by atoms with E-state index >= 15 is 0 Å². The van der Waals surface area contributed by atoms with Crippen molar-refractivity contribution >= 4 is 11.7 Å². The number of nitrogens with one attached hydrogen (secondary N) is 1. The first-order chi connectivity index (χ1) is 16.2. The highest BCUT2D eigenvalue weighted by molar-refractivity contribution is 6.02. The summed E-state index contributed by atoms with van der Waals surface area (Å²) in [5, 5.41) is 13.7. The molecule has 194 valence electrons. The largest absolute Gasteiger partial charge is 0.504 e. The minimum absolute atomic E-state index is 0.0953. The van der Waals surface area contributed by atoms with Crippen molar-refractivity contribution in [2.24, 2.45) is 33.5 Å². The lowest BCUT2D eigenvalue weighted by Crippen LogP contribution is -2.65. The van der Waals surface area contributed by atoms with Crippen LogP contribution in [0, 0.1) is 33.5 Å². The zero-order valence-electron chi connectivity index (χ0n) is 23.1. The van der Waals surface area contributed by atoms with E-state index in [1.54, 1.807) is 6.08 Å². The molecule has 0 heterocycles. The van der Waals surface area contributed by atoms with Gasteiger partial charge in [-0.25, -0.2) is 0 Å². The first-order valence-electron chi connectivity index (χ1n) is 13.8. The normalized spacial score (nSPS) is 49.7. The van der Waals surface area contributed by atoms with Gasteiger partial charge in [0, 0.05) is 12.0 Å². The van der Waals surface area contributed by atoms with E-state index in [0.717, 1.165) is 32.1 Å². The summed E-state index contributed by atoms with van der Waals surface area (Å²) in [6, 6.07) is 0. The molecule has 4 aliphatic carbocycles. The molecule has 4 heteroatoms. The Labute approximate surface area is 212 Å². The quantitative estimate of drug-likeness (QED) is 0.437. The highest BCUT2D eigenvalue weighted by atomic mass is 16.3. The average Bonchev–Trinajstić information content (AvgIpc) is 2.81. The molecule has 0 saturated heterocycles. The fourth-order valence-corrected chi connectivity index (χ4v) is 8.79. The van der Waals surface area contributed by atoms with Gasteiger partial charge in [-0.1, -0.05) is 52.8 Å². The minimum atomic E-state index is -0.293. The highest BCUT2D eigenvalue weighted by Crippen LogP contribution is 2.74. The Balaban J connectivity index is 1.75. The lowest BCUT2D eigenvalue weighted by Gasteiger charge is -2.71. The molecule has 0 spiro atoms. The van der Waals surface area contributed by atoms with Crippen molar-refractivity contribution < 1.29 is 14.7 Å². The molecular formula is C31H47NO3. The van der Waals surface area contributed by atoms with Crippen LogP contribution < -0.4 is 5.32 Å². The van der Waals surface area contributed by atoms with Crippen molar-refractivity contribution in [2.45, 2.75) is 112 Å². The molecule has 3 fully saturated rings. The average molecular weight is 482 g/mol. The van der Waals surface area contributed by atoms with Crippen LogP contribution in [0.3, 0.4) is 0 Å². The smallest absolute Gasteiger partial charge is 0.220 e. The van der Waals surface area contributed by atoms with Gasteiger partial charge in [-0.3, -0.25) is 9.59 Å². The summed E-state index contributed by atoms with van der Waals surface area (Å²) in [6.45, 7) is 15.9. The van der Waals surface area contributed by atoms with E-state index in [-0.39, 0.29) is 39.2 Å². The number of allylic oxidation sites excluding steroid dienone is 5. The Morgan fingerprint density at radius 2 is 1.60 bits per heavy atom. The molecule has 3 saturated carbocycles. The van der Waals surface area contributed by atoms with Crippen LogP contribution in [0.5, 0.6) is 0 Å². The lowest BCUT2D eigenvalue weighted by atomic mass is 9.34. The van der Waals surface area contributed by atoms with Crippen LogP contribution in [0.1, 0.15) is 106 Å². The van der Waals surface area contributed by atoms with E-state index < -0.39 is 0 Å². The van der Waals surface area contributed by atoms with Crippen LogP contribution in [0.2, 0.25) is 0 Å². The van der Waals surface area contributed by atoms with Crippen LogP contribution in [0.15, 0.2) is 35.6 Å². The first kappa shape index (κ1) is 26.2. The van der Waals surface area contributed by atoms with Crippen LogP contribution in [-0.2, 0) is 9.59 Å². The first-order valence-corrected chi connectivity index (χ1v) is 13.8. The van der Waals surface area contributed by atoms with Gasteiger partial charge in [-0.05, 0) is 110 Å². The highest BCUT2D eigenvalue weighted by Gasteiger charge is 2.66. The number of aliphatic hydroxyl groups is 1. The van der Waals surface area contributed by atoms with Gasteiger partial charge in [-0.2, -0.15) is 0 Å². The topological polar surface area (TPSA) is 66.4 Å². The van der Waals surface area contributed by atoms with Crippen molar-refractivity contribution in [3.05, 3.63) is 35.6 Å². The van der Waals surface area contributed by atoms with Gasteiger partial charge in [0.25, 0.3) is 0 Å². The molecular weight excluding hydrogens is 434 g/mol. The number of ketones is 1. The third-order valence-electron chi connectivity index (χ3n) is 11.5. The molecule has 4 aliphatic rings. The van der Waals surface area contributed by atoms with Crippen LogP contribution in [0.25, 0.3) is 0 Å². The van der Waals surface area contributed by atoms with E-state index in [0.29, 0.717) is 29.2 Å². The maximum Gasteiger partial charge on any atom is 0.220 e. The molecule has 1 amide bonds.